The minimum Gasteiger partial charge on any atom is -1.00 e. The zero-order valence-corrected chi connectivity index (χ0v) is 17.1. The van der Waals surface area contributed by atoms with Crippen LogP contribution >= 0.6 is 0 Å². The maximum Gasteiger partial charge on any atom is -1.00 e. The number of nitrogens with one attached hydrogen (secondary N) is 1. The van der Waals surface area contributed by atoms with E-state index < -0.39 is 17.7 Å². The smallest absolute Gasteiger partial charge is 1.00 e. The standard InChI is InChI=1S/C9H13.C7H13NO.CH2.2ClH.Ti/c1-6-5-7(2)9(4)8(6)3;8-7(9)6-4-2-1-3-5-6;;;;/h6H,1-4H3;6H,1-5H2,(H2,8,9);1H2;2*1H;/q;;;;;+3/p-3. The first-order valence-electron chi connectivity index (χ1n) is 7.82. The van der Waals surface area contributed by atoms with Gasteiger partial charge in [0.1, 0.15) is 0 Å². The summed E-state index contributed by atoms with van der Waals surface area (Å²) in [7, 11) is 0. The van der Waals surface area contributed by atoms with Crippen LogP contribution in [0.2, 0.25) is 0 Å². The van der Waals surface area contributed by atoms with E-state index in [1.165, 1.54) is 39.9 Å². The van der Waals surface area contributed by atoms with Gasteiger partial charge in [-0.2, -0.15) is 0 Å². The van der Waals surface area contributed by atoms with Gasteiger partial charge in [-0.1, -0.05) is 0 Å². The van der Waals surface area contributed by atoms with Crippen molar-refractivity contribution < 1.29 is 47.3 Å². The number of carbonyl (C=O) groups excluding carboxylic acids is 1. The van der Waals surface area contributed by atoms with Crippen LogP contribution in [0.25, 0.3) is 0 Å². The number of hydrogen-bond donors (Lipinski definition) is 1. The minimum atomic E-state index is -1.89. The summed E-state index contributed by atoms with van der Waals surface area (Å²) in [4.78, 5) is 16.8. The molecule has 0 spiro atoms. The molecule has 2 nitrogen and oxygen atoms in total. The van der Waals surface area contributed by atoms with Crippen molar-refractivity contribution in [1.29, 1.82) is 0 Å². The van der Waals surface area contributed by atoms with Crippen LogP contribution in [0.1, 0.15) is 59.8 Å². The molecule has 1 fully saturated rings. The molecule has 0 aromatic carbocycles. The molecule has 2 aliphatic rings. The first kappa shape index (κ1) is 22.1. The molecule has 0 heterocycles. The Balaban J connectivity index is 0.00000220. The molecule has 1 atom stereocenters. The Morgan fingerprint density at radius 2 is 1.64 bits per heavy atom. The monoisotopic (exact) mass is 379 g/mol. The van der Waals surface area contributed by atoms with Gasteiger partial charge in [0.25, 0.3) is 0 Å². The third kappa shape index (κ3) is 4.57. The van der Waals surface area contributed by atoms with Crippen LogP contribution < -0.4 is 28.6 Å². The first-order chi connectivity index (χ1) is 9.43. The number of halogens is 2. The van der Waals surface area contributed by atoms with Gasteiger partial charge in [0.05, 0.1) is 0 Å². The number of amides is 1. The normalized spacial score (nSPS) is 21.7. The van der Waals surface area contributed by atoms with Gasteiger partial charge in [0.15, 0.2) is 0 Å². The van der Waals surface area contributed by atoms with Crippen LogP contribution in [0.4, 0.5) is 0 Å². The fraction of sp³-hybridized carbons (Fsp3) is 0.647. The topological polar surface area (TPSA) is 29.1 Å². The summed E-state index contributed by atoms with van der Waals surface area (Å²) in [6.07, 6.45) is 5.86. The molecule has 124 valence electrons. The van der Waals surface area contributed by atoms with Crippen molar-refractivity contribution in [2.24, 2.45) is 11.8 Å². The second-order valence-corrected chi connectivity index (χ2v) is 9.10. The Bertz CT molecular complexity index is 505. The summed E-state index contributed by atoms with van der Waals surface area (Å²) in [5.41, 5.74) is 4.26. The van der Waals surface area contributed by atoms with Crippen molar-refractivity contribution in [3.05, 3.63) is 20.6 Å². The van der Waals surface area contributed by atoms with E-state index in [9.17, 15) is 4.79 Å². The summed E-state index contributed by atoms with van der Waals surface area (Å²) >= 11 is -1.89. The Hall–Kier alpha value is 0.114. The van der Waals surface area contributed by atoms with Gasteiger partial charge >= 0.3 is 129 Å². The maximum atomic E-state index is 12.4. The number of carbonyl (C=O) groups is 1. The molecule has 2 rings (SSSR count). The Morgan fingerprint density at radius 3 is 2.09 bits per heavy atom. The predicted octanol–water partition coefficient (Wildman–Crippen LogP) is -2.08. The summed E-state index contributed by atoms with van der Waals surface area (Å²) in [6, 6.07) is 0. The van der Waals surface area contributed by atoms with E-state index in [-0.39, 0.29) is 36.6 Å². The fourth-order valence-corrected chi connectivity index (χ4v) is 6.68. The number of allylic oxidation sites excluding steroid dienone is 4. The van der Waals surface area contributed by atoms with Gasteiger partial charge in [-0.25, -0.2) is 0 Å². The van der Waals surface area contributed by atoms with Crippen molar-refractivity contribution in [3.63, 3.8) is 0 Å². The van der Waals surface area contributed by atoms with E-state index in [4.69, 9.17) is 0 Å². The predicted molar refractivity (Wildman–Crippen MR) is 82.1 cm³/mol. The molecule has 0 aromatic rings. The summed E-state index contributed by atoms with van der Waals surface area (Å²) in [5.74, 6) is 1.01. The van der Waals surface area contributed by atoms with Crippen molar-refractivity contribution in [2.45, 2.75) is 59.8 Å². The number of hydrogen-bond acceptors (Lipinski definition) is 1. The average molecular weight is 380 g/mol. The van der Waals surface area contributed by atoms with E-state index in [1.54, 1.807) is 0 Å². The van der Waals surface area contributed by atoms with Crippen LogP contribution in [0.5, 0.6) is 0 Å². The van der Waals surface area contributed by atoms with Crippen LogP contribution in [0.15, 0.2) is 20.6 Å². The Morgan fingerprint density at radius 1 is 1.09 bits per heavy atom. The molecule has 1 amide bonds. The SMILES string of the molecule is [CH2]=[Ti+2]([NH]C(=O)C1CCCCC1)[C]1=C(C)C(C)=C(C)C1C.[Cl-].[Cl-]. The van der Waals surface area contributed by atoms with Gasteiger partial charge in [-0.15, -0.1) is 0 Å². The van der Waals surface area contributed by atoms with Crippen molar-refractivity contribution in [3.8, 4) is 0 Å². The van der Waals surface area contributed by atoms with Crippen molar-refractivity contribution >= 4 is 10.7 Å². The largest absolute Gasteiger partial charge is 1.00 e. The molecular formula is C17H27Cl2NOTi. The van der Waals surface area contributed by atoms with E-state index in [2.05, 4.69) is 36.3 Å². The zero-order valence-electron chi connectivity index (χ0n) is 14.1. The van der Waals surface area contributed by atoms with Crippen molar-refractivity contribution in [1.82, 2.24) is 3.80 Å². The van der Waals surface area contributed by atoms with Crippen LogP contribution in [-0.4, -0.2) is 10.7 Å². The van der Waals surface area contributed by atoms with Crippen molar-refractivity contribution in [2.75, 3.05) is 0 Å². The Kier molecular flexibility index (Phi) is 9.47. The van der Waals surface area contributed by atoms with E-state index >= 15 is 0 Å². The third-order valence-electron chi connectivity index (χ3n) is 5.22. The summed E-state index contributed by atoms with van der Waals surface area (Å²) in [5, 5.41) is 0. The second kappa shape index (κ2) is 9.42. The third-order valence-corrected chi connectivity index (χ3v) is 8.35. The van der Waals surface area contributed by atoms with Gasteiger partial charge in [-0.05, 0) is 0 Å². The molecule has 0 aliphatic heterocycles. The van der Waals surface area contributed by atoms with Crippen LogP contribution in [0, 0.1) is 11.8 Å². The van der Waals surface area contributed by atoms with E-state index in [0.717, 1.165) is 12.8 Å². The van der Waals surface area contributed by atoms with Gasteiger partial charge < -0.3 is 24.8 Å². The maximum absolute atomic E-state index is 12.4. The van der Waals surface area contributed by atoms with E-state index in [0.29, 0.717) is 5.92 Å². The molecular weight excluding hydrogens is 353 g/mol. The Labute approximate surface area is 153 Å². The average Bonchev–Trinajstić information content (AvgIpc) is 2.64. The molecule has 0 saturated heterocycles. The summed E-state index contributed by atoms with van der Waals surface area (Å²) < 4.78 is 4.79. The molecule has 0 radical (unpaired) electrons. The molecule has 0 bridgehead atoms. The quantitative estimate of drug-likeness (QED) is 0.560. The second-order valence-electron chi connectivity index (χ2n) is 6.37. The molecule has 2 aliphatic carbocycles. The molecule has 1 saturated carbocycles. The first-order valence-corrected chi connectivity index (χ1v) is 10.5. The van der Waals surface area contributed by atoms with Gasteiger partial charge in [0, 0.05) is 0 Å². The molecule has 22 heavy (non-hydrogen) atoms. The zero-order chi connectivity index (χ0) is 14.9. The van der Waals surface area contributed by atoms with Crippen LogP contribution in [-0.2, 0) is 22.5 Å². The molecule has 1 unspecified atom stereocenters. The van der Waals surface area contributed by atoms with E-state index in [1.807, 2.05) is 0 Å². The molecule has 0 aromatic heterocycles. The minimum absolute atomic E-state index is 0. The molecule has 5 heteroatoms. The molecule has 1 N–H and O–H groups in total. The summed E-state index contributed by atoms with van der Waals surface area (Å²) in [6.45, 7) is 8.87. The van der Waals surface area contributed by atoms with Gasteiger partial charge in [-0.3, -0.25) is 0 Å². The van der Waals surface area contributed by atoms with Crippen LogP contribution in [0.3, 0.4) is 0 Å². The fourth-order valence-electron chi connectivity index (χ4n) is 3.53. The van der Waals surface area contributed by atoms with Gasteiger partial charge in [0.2, 0.25) is 0 Å². The number of rotatable bonds is 3.